The number of hydrogen-bond donors (Lipinski definition) is 2. The van der Waals surface area contributed by atoms with Crippen molar-refractivity contribution in [3.8, 4) is 0 Å². The van der Waals surface area contributed by atoms with Gasteiger partial charge in [0.25, 0.3) is 0 Å². The van der Waals surface area contributed by atoms with E-state index in [4.69, 9.17) is 11.6 Å². The molecule has 1 aromatic carbocycles. The van der Waals surface area contributed by atoms with Gasteiger partial charge in [-0.2, -0.15) is 0 Å². The quantitative estimate of drug-likeness (QED) is 0.815. The van der Waals surface area contributed by atoms with Crippen LogP contribution < -0.4 is 10.6 Å². The van der Waals surface area contributed by atoms with Crippen molar-refractivity contribution in [1.82, 2.24) is 5.32 Å². The highest BCUT2D eigenvalue weighted by molar-refractivity contribution is 6.31. The van der Waals surface area contributed by atoms with Gasteiger partial charge in [0, 0.05) is 17.3 Å². The van der Waals surface area contributed by atoms with Crippen LogP contribution in [0.4, 0.5) is 5.69 Å². The molecule has 19 heavy (non-hydrogen) atoms. The van der Waals surface area contributed by atoms with Crippen LogP contribution in [0.5, 0.6) is 0 Å². The average Bonchev–Trinajstić information content (AvgIpc) is 3.17. The second-order valence-corrected chi connectivity index (χ2v) is 5.24. The Kier molecular flexibility index (Phi) is 4.10. The van der Waals surface area contributed by atoms with Gasteiger partial charge in [-0.3, -0.25) is 9.59 Å². The van der Waals surface area contributed by atoms with Crippen LogP contribution in [0.25, 0.3) is 0 Å². The lowest BCUT2D eigenvalue weighted by Crippen LogP contribution is -2.40. The van der Waals surface area contributed by atoms with Crippen molar-refractivity contribution in [1.29, 1.82) is 0 Å². The molecule has 0 saturated heterocycles. The molecule has 2 amide bonds. The van der Waals surface area contributed by atoms with Gasteiger partial charge in [0.15, 0.2) is 0 Å². The smallest absolute Gasteiger partial charge is 0.240 e. The van der Waals surface area contributed by atoms with Crippen molar-refractivity contribution in [3.05, 3.63) is 29.3 Å². The Balaban J connectivity index is 2.01. The van der Waals surface area contributed by atoms with E-state index >= 15 is 0 Å². The van der Waals surface area contributed by atoms with Crippen molar-refractivity contribution >= 4 is 29.1 Å². The van der Waals surface area contributed by atoms with Gasteiger partial charge >= 0.3 is 0 Å². The molecule has 0 heterocycles. The third kappa shape index (κ3) is 3.07. The molecule has 1 fully saturated rings. The fraction of sp³-hybridized carbons (Fsp3) is 0.429. The lowest BCUT2D eigenvalue weighted by molar-refractivity contribution is -0.134. The predicted octanol–water partition coefficient (Wildman–Crippen LogP) is 2.58. The molecule has 2 rings (SSSR count). The molecule has 1 aliphatic rings. The van der Waals surface area contributed by atoms with E-state index in [0.717, 1.165) is 6.42 Å². The van der Waals surface area contributed by atoms with Crippen LogP contribution >= 0.6 is 11.6 Å². The van der Waals surface area contributed by atoms with E-state index in [1.54, 1.807) is 24.3 Å². The summed E-state index contributed by atoms with van der Waals surface area (Å²) in [6.07, 6.45) is 2.07. The molecule has 4 nitrogen and oxygen atoms in total. The van der Waals surface area contributed by atoms with Crippen molar-refractivity contribution in [2.45, 2.75) is 26.2 Å². The third-order valence-corrected chi connectivity index (χ3v) is 3.47. The molecule has 0 unspecified atom stereocenters. The van der Waals surface area contributed by atoms with Gasteiger partial charge < -0.3 is 10.6 Å². The largest absolute Gasteiger partial charge is 0.355 e. The van der Waals surface area contributed by atoms with E-state index in [-0.39, 0.29) is 11.8 Å². The van der Waals surface area contributed by atoms with Crippen LogP contribution in [0.1, 0.15) is 26.2 Å². The Labute approximate surface area is 117 Å². The van der Waals surface area contributed by atoms with E-state index < -0.39 is 5.41 Å². The first-order chi connectivity index (χ1) is 9.08. The van der Waals surface area contributed by atoms with Gasteiger partial charge in [-0.15, -0.1) is 0 Å². The number of nitrogens with one attached hydrogen (secondary N) is 2. The topological polar surface area (TPSA) is 58.2 Å². The Hall–Kier alpha value is -1.55. The summed E-state index contributed by atoms with van der Waals surface area (Å²) in [6.45, 7) is 2.58. The second kappa shape index (κ2) is 5.61. The molecule has 0 radical (unpaired) electrons. The maximum Gasteiger partial charge on any atom is 0.240 e. The van der Waals surface area contributed by atoms with Gasteiger partial charge in [0.1, 0.15) is 5.41 Å². The van der Waals surface area contributed by atoms with Crippen molar-refractivity contribution in [3.63, 3.8) is 0 Å². The van der Waals surface area contributed by atoms with Crippen molar-refractivity contribution < 1.29 is 9.59 Å². The molecule has 5 heteroatoms. The minimum atomic E-state index is -0.877. The standard InChI is InChI=1S/C14H17ClN2O2/c1-2-8-16-12(18)14(6-7-14)13(19)17-11-5-3-4-10(15)9-11/h3-5,9H,2,6-8H2,1H3,(H,16,18)(H,17,19). The van der Waals surface area contributed by atoms with Crippen LogP contribution in [0.3, 0.4) is 0 Å². The number of rotatable bonds is 5. The zero-order valence-electron chi connectivity index (χ0n) is 10.8. The molecule has 102 valence electrons. The van der Waals surface area contributed by atoms with Gasteiger partial charge in [-0.25, -0.2) is 0 Å². The molecule has 0 bridgehead atoms. The first-order valence-corrected chi connectivity index (χ1v) is 6.81. The lowest BCUT2D eigenvalue weighted by atomic mass is 10.0. The van der Waals surface area contributed by atoms with Crippen LogP contribution in [-0.2, 0) is 9.59 Å². The number of amides is 2. The molecule has 0 aliphatic heterocycles. The van der Waals surface area contributed by atoms with Gasteiger partial charge in [-0.1, -0.05) is 24.6 Å². The summed E-state index contributed by atoms with van der Waals surface area (Å²) in [5.41, 5.74) is -0.260. The first kappa shape index (κ1) is 13.9. The first-order valence-electron chi connectivity index (χ1n) is 6.44. The number of hydrogen-bond acceptors (Lipinski definition) is 2. The normalized spacial score (nSPS) is 15.7. The average molecular weight is 281 g/mol. The molecular weight excluding hydrogens is 264 g/mol. The Morgan fingerprint density at radius 2 is 2.05 bits per heavy atom. The Morgan fingerprint density at radius 1 is 1.32 bits per heavy atom. The van der Waals surface area contributed by atoms with Gasteiger partial charge in [0.2, 0.25) is 11.8 Å². The second-order valence-electron chi connectivity index (χ2n) is 4.80. The number of carbonyl (C=O) groups excluding carboxylic acids is 2. The number of anilines is 1. The van der Waals surface area contributed by atoms with Gasteiger partial charge in [0.05, 0.1) is 0 Å². The summed E-state index contributed by atoms with van der Waals surface area (Å²) in [5.74, 6) is -0.419. The predicted molar refractivity (Wildman–Crippen MR) is 75.0 cm³/mol. The lowest BCUT2D eigenvalue weighted by Gasteiger charge is -2.15. The van der Waals surface area contributed by atoms with Crippen LogP contribution in [-0.4, -0.2) is 18.4 Å². The fourth-order valence-corrected chi connectivity index (χ4v) is 2.10. The zero-order chi connectivity index (χ0) is 13.9. The van der Waals surface area contributed by atoms with Crippen LogP contribution in [0.2, 0.25) is 5.02 Å². The zero-order valence-corrected chi connectivity index (χ0v) is 11.6. The number of carbonyl (C=O) groups is 2. The molecule has 1 aromatic rings. The monoisotopic (exact) mass is 280 g/mol. The van der Waals surface area contributed by atoms with E-state index in [1.807, 2.05) is 6.92 Å². The van der Waals surface area contributed by atoms with Crippen molar-refractivity contribution in [2.75, 3.05) is 11.9 Å². The number of halogens is 1. The van der Waals surface area contributed by atoms with E-state index in [0.29, 0.717) is 30.1 Å². The molecule has 0 atom stereocenters. The summed E-state index contributed by atoms with van der Waals surface area (Å²) >= 11 is 5.86. The van der Waals surface area contributed by atoms with Gasteiger partial charge in [-0.05, 0) is 37.5 Å². The highest BCUT2D eigenvalue weighted by Crippen LogP contribution is 2.46. The Morgan fingerprint density at radius 3 is 2.63 bits per heavy atom. The minimum absolute atomic E-state index is 0.172. The number of benzene rings is 1. The summed E-state index contributed by atoms with van der Waals surface area (Å²) in [4.78, 5) is 24.2. The minimum Gasteiger partial charge on any atom is -0.355 e. The SMILES string of the molecule is CCCNC(=O)C1(C(=O)Nc2cccc(Cl)c2)CC1. The van der Waals surface area contributed by atoms with Crippen molar-refractivity contribution in [2.24, 2.45) is 5.41 Å². The summed E-state index contributed by atoms with van der Waals surface area (Å²) in [6, 6.07) is 6.91. The summed E-state index contributed by atoms with van der Waals surface area (Å²) < 4.78 is 0. The highest BCUT2D eigenvalue weighted by atomic mass is 35.5. The summed E-state index contributed by atoms with van der Waals surface area (Å²) in [5, 5.41) is 6.10. The Bertz CT molecular complexity index is 498. The molecule has 1 aliphatic carbocycles. The molecule has 1 saturated carbocycles. The summed E-state index contributed by atoms with van der Waals surface area (Å²) in [7, 11) is 0. The third-order valence-electron chi connectivity index (χ3n) is 3.24. The maximum absolute atomic E-state index is 12.2. The van der Waals surface area contributed by atoms with E-state index in [9.17, 15) is 9.59 Å². The van der Waals surface area contributed by atoms with E-state index in [2.05, 4.69) is 10.6 Å². The maximum atomic E-state index is 12.2. The van der Waals surface area contributed by atoms with Crippen LogP contribution in [0, 0.1) is 5.41 Å². The van der Waals surface area contributed by atoms with Crippen LogP contribution in [0.15, 0.2) is 24.3 Å². The van der Waals surface area contributed by atoms with E-state index in [1.165, 1.54) is 0 Å². The fourth-order valence-electron chi connectivity index (χ4n) is 1.91. The highest BCUT2D eigenvalue weighted by Gasteiger charge is 2.56. The molecule has 0 spiro atoms. The molecular formula is C14H17ClN2O2. The molecule has 0 aromatic heterocycles. The molecule has 2 N–H and O–H groups in total.